The van der Waals surface area contributed by atoms with E-state index in [2.05, 4.69) is 43.1 Å². The maximum atomic E-state index is 12.1. The van der Waals surface area contributed by atoms with Crippen LogP contribution in [0.2, 0.25) is 0 Å². The summed E-state index contributed by atoms with van der Waals surface area (Å²) in [5.74, 6) is 0.150. The van der Waals surface area contributed by atoms with E-state index >= 15 is 0 Å². The van der Waals surface area contributed by atoms with Crippen molar-refractivity contribution in [1.29, 1.82) is 0 Å². The Morgan fingerprint density at radius 3 is 2.56 bits per heavy atom. The normalized spacial score (nSPS) is 23.1. The van der Waals surface area contributed by atoms with Crippen molar-refractivity contribution >= 4 is 5.91 Å². The number of hydrogen-bond acceptors (Lipinski definition) is 2. The van der Waals surface area contributed by atoms with E-state index in [0.717, 1.165) is 19.4 Å². The minimum atomic E-state index is -0.230. The summed E-state index contributed by atoms with van der Waals surface area (Å²) < 4.78 is 0. The van der Waals surface area contributed by atoms with Crippen LogP contribution in [0.4, 0.5) is 0 Å². The summed E-state index contributed by atoms with van der Waals surface area (Å²) in [6.07, 6.45) is 1.85. The van der Waals surface area contributed by atoms with Crippen molar-refractivity contribution in [1.82, 2.24) is 10.2 Å². The summed E-state index contributed by atoms with van der Waals surface area (Å²) in [6, 6.07) is 10.2. The average Bonchev–Trinajstić information content (AvgIpc) is 2.53. The molecule has 1 aliphatic rings. The SMILES string of the molecule is CCCN1[C@@H](Cc2ccccc2)C(=O)NC1(C)C. The second kappa shape index (κ2) is 5.11. The van der Waals surface area contributed by atoms with Crippen LogP contribution in [0.15, 0.2) is 30.3 Å². The molecule has 0 aliphatic carbocycles. The molecule has 18 heavy (non-hydrogen) atoms. The summed E-state index contributed by atoms with van der Waals surface area (Å²) in [4.78, 5) is 14.4. The van der Waals surface area contributed by atoms with Gasteiger partial charge in [0.1, 0.15) is 0 Å². The second-order valence-electron chi connectivity index (χ2n) is 5.45. The molecule has 0 radical (unpaired) electrons. The largest absolute Gasteiger partial charge is 0.337 e. The number of amides is 1. The van der Waals surface area contributed by atoms with Crippen molar-refractivity contribution in [3.63, 3.8) is 0 Å². The van der Waals surface area contributed by atoms with Crippen LogP contribution in [0.1, 0.15) is 32.8 Å². The van der Waals surface area contributed by atoms with Gasteiger partial charge in [-0.25, -0.2) is 0 Å². The van der Waals surface area contributed by atoms with Crippen molar-refractivity contribution in [3.8, 4) is 0 Å². The summed E-state index contributed by atoms with van der Waals surface area (Å²) >= 11 is 0. The first kappa shape index (κ1) is 13.1. The van der Waals surface area contributed by atoms with E-state index in [1.54, 1.807) is 0 Å². The third kappa shape index (κ3) is 2.56. The fourth-order valence-corrected chi connectivity index (χ4v) is 2.70. The molecule has 1 atom stereocenters. The lowest BCUT2D eigenvalue weighted by Gasteiger charge is -2.33. The van der Waals surface area contributed by atoms with Crippen LogP contribution in [-0.2, 0) is 11.2 Å². The highest BCUT2D eigenvalue weighted by atomic mass is 16.2. The van der Waals surface area contributed by atoms with Gasteiger partial charge in [0.2, 0.25) is 5.91 Å². The summed E-state index contributed by atoms with van der Waals surface area (Å²) in [6.45, 7) is 7.25. The Labute approximate surface area is 109 Å². The fourth-order valence-electron chi connectivity index (χ4n) is 2.70. The third-order valence-electron chi connectivity index (χ3n) is 3.56. The van der Waals surface area contributed by atoms with Crippen LogP contribution in [-0.4, -0.2) is 29.1 Å². The molecular weight excluding hydrogens is 224 g/mol. The van der Waals surface area contributed by atoms with Crippen LogP contribution >= 0.6 is 0 Å². The molecule has 3 nitrogen and oxygen atoms in total. The van der Waals surface area contributed by atoms with Crippen LogP contribution < -0.4 is 5.32 Å². The lowest BCUT2D eigenvalue weighted by molar-refractivity contribution is -0.121. The Morgan fingerprint density at radius 2 is 1.94 bits per heavy atom. The monoisotopic (exact) mass is 246 g/mol. The zero-order valence-corrected chi connectivity index (χ0v) is 11.4. The molecule has 3 heteroatoms. The number of nitrogens with zero attached hydrogens (tertiary/aromatic N) is 1. The Morgan fingerprint density at radius 1 is 1.28 bits per heavy atom. The highest BCUT2D eigenvalue weighted by Gasteiger charge is 2.43. The van der Waals surface area contributed by atoms with Gasteiger partial charge in [-0.1, -0.05) is 37.3 Å². The minimum Gasteiger partial charge on any atom is -0.337 e. The molecule has 0 spiro atoms. The predicted molar refractivity (Wildman–Crippen MR) is 73.2 cm³/mol. The van der Waals surface area contributed by atoms with Crippen molar-refractivity contribution in [2.24, 2.45) is 0 Å². The Kier molecular flexibility index (Phi) is 3.71. The lowest BCUT2D eigenvalue weighted by Crippen LogP contribution is -2.48. The molecule has 1 saturated heterocycles. The highest BCUT2D eigenvalue weighted by molar-refractivity contribution is 5.85. The first-order chi connectivity index (χ1) is 8.54. The quantitative estimate of drug-likeness (QED) is 0.883. The summed E-state index contributed by atoms with van der Waals surface area (Å²) in [7, 11) is 0. The van der Waals surface area contributed by atoms with Gasteiger partial charge in [0.15, 0.2) is 0 Å². The number of hydrogen-bond donors (Lipinski definition) is 1. The Bertz CT molecular complexity index is 414. The first-order valence-corrected chi connectivity index (χ1v) is 6.67. The number of carbonyl (C=O) groups excluding carboxylic acids is 1. The van der Waals surface area contributed by atoms with E-state index in [1.807, 2.05) is 18.2 Å². The number of carbonyl (C=O) groups is 1. The standard InChI is InChI=1S/C15H22N2O/c1-4-10-17-13(14(18)16-15(17,2)3)11-12-8-6-5-7-9-12/h5-9,13H,4,10-11H2,1-3H3,(H,16,18)/t13-/m0/s1. The maximum Gasteiger partial charge on any atom is 0.239 e. The molecule has 1 amide bonds. The molecule has 2 rings (SSSR count). The van der Waals surface area contributed by atoms with E-state index in [0.29, 0.717) is 0 Å². The third-order valence-corrected chi connectivity index (χ3v) is 3.56. The van der Waals surface area contributed by atoms with Gasteiger partial charge in [-0.05, 0) is 32.3 Å². The Hall–Kier alpha value is -1.35. The second-order valence-corrected chi connectivity index (χ2v) is 5.45. The summed E-state index contributed by atoms with van der Waals surface area (Å²) in [5, 5.41) is 3.09. The molecular formula is C15H22N2O. The van der Waals surface area contributed by atoms with Gasteiger partial charge in [-0.15, -0.1) is 0 Å². The zero-order chi connectivity index (χ0) is 13.2. The van der Waals surface area contributed by atoms with Crippen molar-refractivity contribution < 1.29 is 4.79 Å². The van der Waals surface area contributed by atoms with E-state index in [1.165, 1.54) is 5.56 Å². The van der Waals surface area contributed by atoms with Gasteiger partial charge in [0.05, 0.1) is 11.7 Å². The molecule has 1 heterocycles. The molecule has 0 bridgehead atoms. The average molecular weight is 246 g/mol. The maximum absolute atomic E-state index is 12.1. The lowest BCUT2D eigenvalue weighted by atomic mass is 10.0. The topological polar surface area (TPSA) is 32.3 Å². The Balaban J connectivity index is 2.17. The smallest absolute Gasteiger partial charge is 0.239 e. The molecule has 0 saturated carbocycles. The van der Waals surface area contributed by atoms with Crippen LogP contribution in [0.5, 0.6) is 0 Å². The van der Waals surface area contributed by atoms with Crippen molar-refractivity contribution in [2.45, 2.75) is 45.3 Å². The number of nitrogens with one attached hydrogen (secondary N) is 1. The number of rotatable bonds is 4. The van der Waals surface area contributed by atoms with E-state index in [9.17, 15) is 4.79 Å². The van der Waals surface area contributed by atoms with Gasteiger partial charge in [-0.2, -0.15) is 0 Å². The van der Waals surface area contributed by atoms with Crippen LogP contribution in [0, 0.1) is 0 Å². The summed E-state index contributed by atoms with van der Waals surface area (Å²) in [5.41, 5.74) is 0.989. The molecule has 1 aromatic carbocycles. The predicted octanol–water partition coefficient (Wildman–Crippen LogP) is 2.18. The van der Waals surface area contributed by atoms with Gasteiger partial charge in [-0.3, -0.25) is 9.69 Å². The first-order valence-electron chi connectivity index (χ1n) is 6.67. The van der Waals surface area contributed by atoms with Crippen LogP contribution in [0.25, 0.3) is 0 Å². The van der Waals surface area contributed by atoms with Gasteiger partial charge in [0.25, 0.3) is 0 Å². The van der Waals surface area contributed by atoms with Gasteiger partial charge >= 0.3 is 0 Å². The van der Waals surface area contributed by atoms with Crippen molar-refractivity contribution in [3.05, 3.63) is 35.9 Å². The van der Waals surface area contributed by atoms with Gasteiger partial charge in [0, 0.05) is 6.54 Å². The molecule has 1 aromatic rings. The molecule has 1 aliphatic heterocycles. The van der Waals surface area contributed by atoms with Crippen LogP contribution in [0.3, 0.4) is 0 Å². The fraction of sp³-hybridized carbons (Fsp3) is 0.533. The molecule has 0 aromatic heterocycles. The zero-order valence-electron chi connectivity index (χ0n) is 11.4. The molecule has 98 valence electrons. The number of benzene rings is 1. The van der Waals surface area contributed by atoms with Gasteiger partial charge < -0.3 is 5.32 Å². The minimum absolute atomic E-state index is 0.0395. The molecule has 1 fully saturated rings. The molecule has 0 unspecified atom stereocenters. The van der Waals surface area contributed by atoms with E-state index in [-0.39, 0.29) is 17.6 Å². The van der Waals surface area contributed by atoms with Crippen molar-refractivity contribution in [2.75, 3.05) is 6.54 Å². The van der Waals surface area contributed by atoms with E-state index < -0.39 is 0 Å². The molecule has 1 N–H and O–H groups in total. The highest BCUT2D eigenvalue weighted by Crippen LogP contribution is 2.25. The van der Waals surface area contributed by atoms with E-state index in [4.69, 9.17) is 0 Å².